The number of amides is 1. The summed E-state index contributed by atoms with van der Waals surface area (Å²) in [6.45, 7) is 4.30. The Morgan fingerprint density at radius 3 is 2.46 bits per heavy atom. The van der Waals surface area contributed by atoms with E-state index in [4.69, 9.17) is 9.47 Å². The number of benzene rings is 2. The van der Waals surface area contributed by atoms with Crippen LogP contribution in [0.15, 0.2) is 48.5 Å². The smallest absolute Gasteiger partial charge is 0.254 e. The van der Waals surface area contributed by atoms with Crippen molar-refractivity contribution in [1.29, 1.82) is 0 Å². The number of halogens is 1. The molecule has 1 heterocycles. The third-order valence-electron chi connectivity index (χ3n) is 4.47. The van der Waals surface area contributed by atoms with Gasteiger partial charge in [0.25, 0.3) is 5.91 Å². The van der Waals surface area contributed by atoms with Crippen molar-refractivity contribution in [1.82, 2.24) is 9.80 Å². The van der Waals surface area contributed by atoms with Crippen LogP contribution in [-0.2, 0) is 0 Å². The summed E-state index contributed by atoms with van der Waals surface area (Å²) >= 11 is 0. The summed E-state index contributed by atoms with van der Waals surface area (Å²) in [7, 11) is 1.59. The van der Waals surface area contributed by atoms with Crippen LogP contribution in [-0.4, -0.2) is 62.1 Å². The molecule has 6 heteroatoms. The number of hydrogen-bond acceptors (Lipinski definition) is 4. The van der Waals surface area contributed by atoms with Gasteiger partial charge in [0.1, 0.15) is 23.9 Å². The van der Waals surface area contributed by atoms with Crippen molar-refractivity contribution < 1.29 is 18.7 Å². The first-order chi connectivity index (χ1) is 12.7. The van der Waals surface area contributed by atoms with Crippen LogP contribution >= 0.6 is 0 Å². The SMILES string of the molecule is COc1cccc(C(=O)N2CCN(CCOc3ccc(F)cc3)CC2)c1. The molecule has 1 saturated heterocycles. The third-order valence-corrected chi connectivity index (χ3v) is 4.47. The van der Waals surface area contributed by atoms with Gasteiger partial charge in [-0.1, -0.05) is 6.07 Å². The van der Waals surface area contributed by atoms with Gasteiger partial charge in [-0.25, -0.2) is 4.39 Å². The fraction of sp³-hybridized carbons (Fsp3) is 0.350. The summed E-state index contributed by atoms with van der Waals surface area (Å²) in [4.78, 5) is 16.7. The summed E-state index contributed by atoms with van der Waals surface area (Å²) < 4.78 is 23.7. The Hall–Kier alpha value is -2.60. The summed E-state index contributed by atoms with van der Waals surface area (Å²) in [5.74, 6) is 1.12. The fourth-order valence-corrected chi connectivity index (χ4v) is 2.94. The van der Waals surface area contributed by atoms with Crippen LogP contribution in [0, 0.1) is 5.82 Å². The lowest BCUT2D eigenvalue weighted by molar-refractivity contribution is 0.0620. The average molecular weight is 358 g/mol. The number of piperazine rings is 1. The molecule has 2 aromatic carbocycles. The molecule has 1 aliphatic rings. The molecule has 0 unspecified atom stereocenters. The molecule has 5 nitrogen and oxygen atoms in total. The quantitative estimate of drug-likeness (QED) is 0.796. The Kier molecular flexibility index (Phi) is 6.07. The van der Waals surface area contributed by atoms with Crippen LogP contribution in [0.3, 0.4) is 0 Å². The first-order valence-corrected chi connectivity index (χ1v) is 8.70. The van der Waals surface area contributed by atoms with Gasteiger partial charge in [0.15, 0.2) is 0 Å². The summed E-state index contributed by atoms with van der Waals surface area (Å²) in [6, 6.07) is 13.3. The van der Waals surface area contributed by atoms with E-state index < -0.39 is 0 Å². The maximum absolute atomic E-state index is 12.9. The highest BCUT2D eigenvalue weighted by Gasteiger charge is 2.22. The van der Waals surface area contributed by atoms with Crippen molar-refractivity contribution in [2.45, 2.75) is 0 Å². The minimum absolute atomic E-state index is 0.0334. The molecule has 1 fully saturated rings. The molecule has 26 heavy (non-hydrogen) atoms. The van der Waals surface area contributed by atoms with Gasteiger partial charge in [0, 0.05) is 38.3 Å². The summed E-state index contributed by atoms with van der Waals surface area (Å²) in [6.07, 6.45) is 0. The predicted molar refractivity (Wildman–Crippen MR) is 97.2 cm³/mol. The molecule has 3 rings (SSSR count). The molecule has 0 aliphatic carbocycles. The summed E-state index contributed by atoms with van der Waals surface area (Å²) in [5.41, 5.74) is 0.650. The van der Waals surface area contributed by atoms with Crippen molar-refractivity contribution in [2.24, 2.45) is 0 Å². The maximum atomic E-state index is 12.9. The lowest BCUT2D eigenvalue weighted by Crippen LogP contribution is -2.49. The Morgan fingerprint density at radius 1 is 1.04 bits per heavy atom. The van der Waals surface area contributed by atoms with Crippen molar-refractivity contribution in [3.05, 3.63) is 59.9 Å². The highest BCUT2D eigenvalue weighted by atomic mass is 19.1. The Balaban J connectivity index is 1.43. The van der Waals surface area contributed by atoms with Crippen molar-refractivity contribution >= 4 is 5.91 Å². The van der Waals surface area contributed by atoms with E-state index >= 15 is 0 Å². The van der Waals surface area contributed by atoms with E-state index in [1.54, 1.807) is 25.3 Å². The fourth-order valence-electron chi connectivity index (χ4n) is 2.94. The minimum atomic E-state index is -0.269. The second kappa shape index (κ2) is 8.67. The van der Waals surface area contributed by atoms with Crippen LogP contribution in [0.2, 0.25) is 0 Å². The van der Waals surface area contributed by atoms with E-state index in [1.165, 1.54) is 12.1 Å². The molecular formula is C20H23FN2O3. The van der Waals surface area contributed by atoms with Crippen LogP contribution in [0.1, 0.15) is 10.4 Å². The molecule has 138 valence electrons. The zero-order valence-corrected chi connectivity index (χ0v) is 14.9. The van der Waals surface area contributed by atoms with E-state index in [1.807, 2.05) is 23.1 Å². The zero-order valence-electron chi connectivity index (χ0n) is 14.9. The number of nitrogens with zero attached hydrogens (tertiary/aromatic N) is 2. The second-order valence-electron chi connectivity index (χ2n) is 6.17. The Bertz CT molecular complexity index is 728. The molecule has 0 bridgehead atoms. The molecule has 1 amide bonds. The van der Waals surface area contributed by atoms with Crippen LogP contribution in [0.5, 0.6) is 11.5 Å². The largest absolute Gasteiger partial charge is 0.497 e. The van der Waals surface area contributed by atoms with E-state index in [0.717, 1.165) is 19.6 Å². The van der Waals surface area contributed by atoms with Crippen LogP contribution in [0.25, 0.3) is 0 Å². The zero-order chi connectivity index (χ0) is 18.4. The number of rotatable bonds is 6. The van der Waals surface area contributed by atoms with E-state index in [2.05, 4.69) is 4.90 Å². The topological polar surface area (TPSA) is 42.0 Å². The summed E-state index contributed by atoms with van der Waals surface area (Å²) in [5, 5.41) is 0. The molecule has 0 spiro atoms. The number of carbonyl (C=O) groups excluding carboxylic acids is 1. The van der Waals surface area contributed by atoms with Gasteiger partial charge in [-0.3, -0.25) is 9.69 Å². The minimum Gasteiger partial charge on any atom is -0.497 e. The standard InChI is InChI=1S/C20H23FN2O3/c1-25-19-4-2-3-16(15-19)20(24)23-11-9-22(10-12-23)13-14-26-18-7-5-17(21)6-8-18/h2-8,15H,9-14H2,1H3. The predicted octanol–water partition coefficient (Wildman–Crippen LogP) is 2.67. The maximum Gasteiger partial charge on any atom is 0.254 e. The molecule has 2 aromatic rings. The van der Waals surface area contributed by atoms with Gasteiger partial charge in [0.2, 0.25) is 0 Å². The first-order valence-electron chi connectivity index (χ1n) is 8.70. The van der Waals surface area contributed by atoms with Crippen LogP contribution < -0.4 is 9.47 Å². The molecule has 0 radical (unpaired) electrons. The third kappa shape index (κ3) is 4.73. The second-order valence-corrected chi connectivity index (χ2v) is 6.17. The van der Waals surface area contributed by atoms with Crippen molar-refractivity contribution in [3.8, 4) is 11.5 Å². The number of ether oxygens (including phenoxy) is 2. The van der Waals surface area contributed by atoms with Crippen molar-refractivity contribution in [2.75, 3.05) is 46.4 Å². The molecule has 0 N–H and O–H groups in total. The lowest BCUT2D eigenvalue weighted by atomic mass is 10.1. The van der Waals surface area contributed by atoms with Crippen LogP contribution in [0.4, 0.5) is 4.39 Å². The van der Waals surface area contributed by atoms with Gasteiger partial charge >= 0.3 is 0 Å². The van der Waals surface area contributed by atoms with Gasteiger partial charge in [0.05, 0.1) is 7.11 Å². The molecule has 0 atom stereocenters. The molecule has 0 aromatic heterocycles. The normalized spacial score (nSPS) is 14.9. The molecule has 1 aliphatic heterocycles. The average Bonchev–Trinajstić information content (AvgIpc) is 2.69. The van der Waals surface area contributed by atoms with Gasteiger partial charge in [-0.2, -0.15) is 0 Å². The Labute approximate surface area is 152 Å². The highest BCUT2D eigenvalue weighted by Crippen LogP contribution is 2.16. The highest BCUT2D eigenvalue weighted by molar-refractivity contribution is 5.94. The number of hydrogen-bond donors (Lipinski definition) is 0. The van der Waals surface area contributed by atoms with Gasteiger partial charge in [-0.15, -0.1) is 0 Å². The number of carbonyl (C=O) groups is 1. The van der Waals surface area contributed by atoms with E-state index in [-0.39, 0.29) is 11.7 Å². The monoisotopic (exact) mass is 358 g/mol. The van der Waals surface area contributed by atoms with E-state index in [9.17, 15) is 9.18 Å². The molecular weight excluding hydrogens is 335 g/mol. The van der Waals surface area contributed by atoms with Crippen molar-refractivity contribution in [3.63, 3.8) is 0 Å². The van der Waals surface area contributed by atoms with Gasteiger partial charge < -0.3 is 14.4 Å². The first kappa shape index (κ1) is 18.2. The molecule has 0 saturated carbocycles. The number of methoxy groups -OCH3 is 1. The Morgan fingerprint density at radius 2 is 1.77 bits per heavy atom. The van der Waals surface area contributed by atoms with Gasteiger partial charge in [-0.05, 0) is 42.5 Å². The lowest BCUT2D eigenvalue weighted by Gasteiger charge is -2.34. The van der Waals surface area contributed by atoms with E-state index in [0.29, 0.717) is 36.8 Å².